The zero-order valence-electron chi connectivity index (χ0n) is 13.3. The number of rotatable bonds is 4. The number of amides is 2. The molecule has 0 radical (unpaired) electrons. The Kier molecular flexibility index (Phi) is 4.60. The van der Waals surface area contributed by atoms with E-state index in [1.807, 2.05) is 29.2 Å². The third-order valence-corrected chi connectivity index (χ3v) is 3.74. The maximum atomic E-state index is 12.6. The first-order valence-electron chi connectivity index (χ1n) is 7.60. The largest absolute Gasteiger partial charge is 0.480 e. The molecule has 1 fully saturated rings. The molecule has 24 heavy (non-hydrogen) atoms. The van der Waals surface area contributed by atoms with Crippen molar-refractivity contribution in [3.8, 4) is 5.88 Å². The van der Waals surface area contributed by atoms with Gasteiger partial charge in [-0.2, -0.15) is 0 Å². The second-order valence-electron chi connectivity index (χ2n) is 5.30. The molecule has 0 aliphatic carbocycles. The van der Waals surface area contributed by atoms with E-state index >= 15 is 0 Å². The predicted octanol–water partition coefficient (Wildman–Crippen LogP) is 1.28. The minimum Gasteiger partial charge on any atom is -0.480 e. The van der Waals surface area contributed by atoms with Gasteiger partial charge >= 0.3 is 0 Å². The third-order valence-electron chi connectivity index (χ3n) is 3.74. The van der Waals surface area contributed by atoms with Gasteiger partial charge in [0.2, 0.25) is 11.8 Å². The monoisotopic (exact) mass is 326 g/mol. The smallest absolute Gasteiger partial charge is 0.261 e. The molecule has 0 atom stereocenters. The minimum atomic E-state index is -0.311. The topological polar surface area (TPSA) is 83.6 Å². The summed E-state index contributed by atoms with van der Waals surface area (Å²) >= 11 is 0. The molecular formula is C17H18N4O3. The van der Waals surface area contributed by atoms with Gasteiger partial charge in [-0.3, -0.25) is 9.59 Å². The molecule has 0 spiro atoms. The highest BCUT2D eigenvalue weighted by Crippen LogP contribution is 2.27. The molecule has 0 unspecified atom stereocenters. The SMILES string of the molecule is COc1ncccc1C(=O)Nc1ccccc1N1CCNC(=O)C1. The second kappa shape index (κ2) is 6.99. The molecule has 2 aromatic rings. The van der Waals surface area contributed by atoms with E-state index in [-0.39, 0.29) is 24.2 Å². The van der Waals surface area contributed by atoms with Gasteiger partial charge in [0, 0.05) is 19.3 Å². The van der Waals surface area contributed by atoms with Gasteiger partial charge in [-0.1, -0.05) is 12.1 Å². The first kappa shape index (κ1) is 15.8. The van der Waals surface area contributed by atoms with Gasteiger partial charge in [0.25, 0.3) is 5.91 Å². The molecule has 1 saturated heterocycles. The number of hydrogen-bond donors (Lipinski definition) is 2. The van der Waals surface area contributed by atoms with Crippen molar-refractivity contribution in [2.24, 2.45) is 0 Å². The minimum absolute atomic E-state index is 0.0312. The summed E-state index contributed by atoms with van der Waals surface area (Å²) in [6.45, 7) is 1.54. The average molecular weight is 326 g/mol. The fourth-order valence-electron chi connectivity index (χ4n) is 2.62. The lowest BCUT2D eigenvalue weighted by molar-refractivity contribution is -0.120. The van der Waals surface area contributed by atoms with E-state index in [0.717, 1.165) is 5.69 Å². The van der Waals surface area contributed by atoms with Gasteiger partial charge in [0.05, 0.1) is 25.0 Å². The Morgan fingerprint density at radius 3 is 2.92 bits per heavy atom. The van der Waals surface area contributed by atoms with Gasteiger partial charge in [0.15, 0.2) is 0 Å². The Hall–Kier alpha value is -3.09. The van der Waals surface area contributed by atoms with Crippen molar-refractivity contribution in [2.75, 3.05) is 37.0 Å². The van der Waals surface area contributed by atoms with Crippen LogP contribution in [0.15, 0.2) is 42.6 Å². The van der Waals surface area contributed by atoms with Gasteiger partial charge in [0.1, 0.15) is 5.56 Å². The summed E-state index contributed by atoms with van der Waals surface area (Å²) in [4.78, 5) is 30.2. The van der Waals surface area contributed by atoms with Gasteiger partial charge in [-0.25, -0.2) is 4.98 Å². The number of hydrogen-bond acceptors (Lipinski definition) is 5. The average Bonchev–Trinajstić information content (AvgIpc) is 2.62. The van der Waals surface area contributed by atoms with Crippen LogP contribution >= 0.6 is 0 Å². The summed E-state index contributed by atoms with van der Waals surface area (Å²) in [6, 6.07) is 10.7. The van der Waals surface area contributed by atoms with Crippen LogP contribution in [0.1, 0.15) is 10.4 Å². The van der Waals surface area contributed by atoms with Crippen molar-refractivity contribution in [1.82, 2.24) is 10.3 Å². The number of pyridine rings is 1. The lowest BCUT2D eigenvalue weighted by atomic mass is 10.2. The molecule has 124 valence electrons. The molecule has 1 aromatic heterocycles. The number of nitrogens with one attached hydrogen (secondary N) is 2. The number of ether oxygens (including phenoxy) is 1. The van der Waals surface area contributed by atoms with Crippen LogP contribution in [0.4, 0.5) is 11.4 Å². The molecule has 0 saturated carbocycles. The first-order valence-corrected chi connectivity index (χ1v) is 7.60. The van der Waals surface area contributed by atoms with E-state index < -0.39 is 0 Å². The van der Waals surface area contributed by atoms with Crippen LogP contribution in [-0.2, 0) is 4.79 Å². The van der Waals surface area contributed by atoms with Crippen LogP contribution in [-0.4, -0.2) is 43.5 Å². The normalized spacial score (nSPS) is 14.0. The van der Waals surface area contributed by atoms with E-state index in [1.165, 1.54) is 7.11 Å². The molecule has 7 nitrogen and oxygen atoms in total. The second-order valence-corrected chi connectivity index (χ2v) is 5.30. The summed E-state index contributed by atoms with van der Waals surface area (Å²) in [5.41, 5.74) is 1.80. The summed E-state index contributed by atoms with van der Waals surface area (Å²) in [7, 11) is 1.47. The van der Waals surface area contributed by atoms with Crippen molar-refractivity contribution in [1.29, 1.82) is 0 Å². The first-order chi connectivity index (χ1) is 11.7. The summed E-state index contributed by atoms with van der Waals surface area (Å²) in [6.07, 6.45) is 1.57. The van der Waals surface area contributed by atoms with E-state index in [2.05, 4.69) is 15.6 Å². The molecule has 2 amide bonds. The maximum Gasteiger partial charge on any atom is 0.261 e. The highest BCUT2D eigenvalue weighted by molar-refractivity contribution is 6.07. The Morgan fingerprint density at radius 2 is 2.12 bits per heavy atom. The van der Waals surface area contributed by atoms with Crippen molar-refractivity contribution in [3.63, 3.8) is 0 Å². The van der Waals surface area contributed by atoms with Crippen LogP contribution < -0.4 is 20.3 Å². The number of aromatic nitrogens is 1. The molecule has 7 heteroatoms. The van der Waals surface area contributed by atoms with Gasteiger partial charge < -0.3 is 20.3 Å². The Labute approximate surface area is 139 Å². The zero-order chi connectivity index (χ0) is 16.9. The maximum absolute atomic E-state index is 12.6. The fraction of sp³-hybridized carbons (Fsp3) is 0.235. The van der Waals surface area contributed by atoms with Gasteiger partial charge in [-0.15, -0.1) is 0 Å². The highest BCUT2D eigenvalue weighted by atomic mass is 16.5. The molecule has 0 bridgehead atoms. The van der Waals surface area contributed by atoms with Crippen molar-refractivity contribution in [3.05, 3.63) is 48.2 Å². The Balaban J connectivity index is 1.85. The molecular weight excluding hydrogens is 308 g/mol. The lowest BCUT2D eigenvalue weighted by Crippen LogP contribution is -2.47. The predicted molar refractivity (Wildman–Crippen MR) is 90.4 cm³/mol. The van der Waals surface area contributed by atoms with Crippen molar-refractivity contribution >= 4 is 23.2 Å². The number of nitrogens with zero attached hydrogens (tertiary/aromatic N) is 2. The molecule has 1 aliphatic rings. The van der Waals surface area contributed by atoms with E-state index in [0.29, 0.717) is 24.3 Å². The van der Waals surface area contributed by atoms with E-state index in [9.17, 15) is 9.59 Å². The standard InChI is InChI=1S/C17H18N4O3/c1-24-17-12(5-4-8-19-17)16(23)20-13-6-2-3-7-14(13)21-10-9-18-15(22)11-21/h2-8H,9-11H2,1H3,(H,18,22)(H,20,23). The van der Waals surface area contributed by atoms with E-state index in [4.69, 9.17) is 4.74 Å². The van der Waals surface area contributed by atoms with Crippen LogP contribution in [0.5, 0.6) is 5.88 Å². The number of carbonyl (C=O) groups excluding carboxylic acids is 2. The van der Waals surface area contributed by atoms with Crippen molar-refractivity contribution < 1.29 is 14.3 Å². The van der Waals surface area contributed by atoms with Crippen LogP contribution in [0.2, 0.25) is 0 Å². The highest BCUT2D eigenvalue weighted by Gasteiger charge is 2.20. The number of para-hydroxylation sites is 2. The number of methoxy groups -OCH3 is 1. The Morgan fingerprint density at radius 1 is 1.29 bits per heavy atom. The lowest BCUT2D eigenvalue weighted by Gasteiger charge is -2.30. The van der Waals surface area contributed by atoms with Crippen LogP contribution in [0, 0.1) is 0 Å². The fourth-order valence-corrected chi connectivity index (χ4v) is 2.62. The molecule has 1 aliphatic heterocycles. The summed E-state index contributed by atoms with van der Waals surface area (Å²) < 4.78 is 5.13. The summed E-state index contributed by atoms with van der Waals surface area (Å²) in [5, 5.41) is 5.67. The molecule has 1 aromatic carbocycles. The number of carbonyl (C=O) groups is 2. The summed E-state index contributed by atoms with van der Waals surface area (Å²) in [5.74, 6) is -0.0741. The van der Waals surface area contributed by atoms with Crippen LogP contribution in [0.3, 0.4) is 0 Å². The van der Waals surface area contributed by atoms with Crippen LogP contribution in [0.25, 0.3) is 0 Å². The number of benzene rings is 1. The quantitative estimate of drug-likeness (QED) is 0.884. The molecule has 2 N–H and O–H groups in total. The zero-order valence-corrected chi connectivity index (χ0v) is 13.3. The molecule has 3 rings (SSSR count). The van der Waals surface area contributed by atoms with Crippen molar-refractivity contribution in [2.45, 2.75) is 0 Å². The third kappa shape index (κ3) is 3.29. The van der Waals surface area contributed by atoms with Gasteiger partial charge in [-0.05, 0) is 24.3 Å². The Bertz CT molecular complexity index is 763. The number of anilines is 2. The number of piperazine rings is 1. The van der Waals surface area contributed by atoms with E-state index in [1.54, 1.807) is 18.3 Å². The molecule has 2 heterocycles.